The fourth-order valence-corrected chi connectivity index (χ4v) is 4.93. The number of rotatable bonds is 4. The number of alkyl halides is 2. The van der Waals surface area contributed by atoms with Gasteiger partial charge in [-0.05, 0) is 42.4 Å². The lowest BCUT2D eigenvalue weighted by Gasteiger charge is -2.56. The first-order valence-electron chi connectivity index (χ1n) is 8.98. The van der Waals surface area contributed by atoms with E-state index >= 15 is 0 Å². The van der Waals surface area contributed by atoms with Gasteiger partial charge in [0, 0.05) is 37.4 Å². The van der Waals surface area contributed by atoms with Gasteiger partial charge >= 0.3 is 5.97 Å². The Morgan fingerprint density at radius 1 is 1.35 bits per heavy atom. The maximum absolute atomic E-state index is 13.1. The molecule has 1 heterocycles. The minimum Gasteiger partial charge on any atom is -0.490 e. The first-order chi connectivity index (χ1) is 12.2. The molecule has 3 aliphatic carbocycles. The minimum absolute atomic E-state index is 0.0187. The van der Waals surface area contributed by atoms with Crippen molar-refractivity contribution < 1.29 is 23.4 Å². The average molecular weight is 362 g/mol. The summed E-state index contributed by atoms with van der Waals surface area (Å²) in [4.78, 5) is 11.3. The largest absolute Gasteiger partial charge is 0.490 e. The molecule has 3 saturated carbocycles. The van der Waals surface area contributed by atoms with Crippen LogP contribution in [0.5, 0.6) is 5.75 Å². The second kappa shape index (κ2) is 4.96. The molecular formula is C19H20F2N2O3. The van der Waals surface area contributed by atoms with Crippen molar-refractivity contribution >= 4 is 16.9 Å². The van der Waals surface area contributed by atoms with Crippen LogP contribution in [0.2, 0.25) is 0 Å². The van der Waals surface area contributed by atoms with Gasteiger partial charge in [-0.15, -0.1) is 0 Å². The van der Waals surface area contributed by atoms with E-state index in [1.54, 1.807) is 4.68 Å². The number of ether oxygens (including phenoxy) is 1. The fourth-order valence-electron chi connectivity index (χ4n) is 4.93. The van der Waals surface area contributed by atoms with E-state index in [4.69, 9.17) is 4.74 Å². The molecule has 138 valence electrons. The fraction of sp³-hybridized carbons (Fsp3) is 0.579. The van der Waals surface area contributed by atoms with E-state index in [0.717, 1.165) is 16.5 Å². The molecule has 0 amide bonds. The Balaban J connectivity index is 1.37. The molecule has 0 aliphatic heterocycles. The second-order valence-corrected chi connectivity index (χ2v) is 8.40. The van der Waals surface area contributed by atoms with Crippen molar-refractivity contribution in [1.29, 1.82) is 0 Å². The van der Waals surface area contributed by atoms with Crippen LogP contribution in [0.25, 0.3) is 10.9 Å². The van der Waals surface area contributed by atoms with Crippen LogP contribution in [0.1, 0.15) is 43.6 Å². The number of nitrogens with zero attached hydrogens (tertiary/aromatic N) is 2. The molecule has 0 bridgehead atoms. The summed E-state index contributed by atoms with van der Waals surface area (Å²) in [6.45, 7) is 0. The monoisotopic (exact) mass is 362 g/mol. The van der Waals surface area contributed by atoms with Crippen molar-refractivity contribution in [2.75, 3.05) is 0 Å². The van der Waals surface area contributed by atoms with E-state index in [-0.39, 0.29) is 36.2 Å². The third kappa shape index (κ3) is 2.47. The smallest absolute Gasteiger partial charge is 0.307 e. The lowest BCUT2D eigenvalue weighted by Crippen LogP contribution is -2.56. The summed E-state index contributed by atoms with van der Waals surface area (Å²) < 4.78 is 34.0. The number of carboxylic acid groups (broad SMARTS) is 1. The quantitative estimate of drug-likeness (QED) is 0.900. The van der Waals surface area contributed by atoms with Gasteiger partial charge in [-0.1, -0.05) is 0 Å². The van der Waals surface area contributed by atoms with E-state index in [2.05, 4.69) is 5.10 Å². The maximum atomic E-state index is 13.1. The number of aliphatic carboxylic acids is 1. The van der Waals surface area contributed by atoms with Crippen LogP contribution in [0.4, 0.5) is 8.78 Å². The van der Waals surface area contributed by atoms with Crippen LogP contribution < -0.4 is 4.74 Å². The topological polar surface area (TPSA) is 64.3 Å². The summed E-state index contributed by atoms with van der Waals surface area (Å²) >= 11 is 0. The summed E-state index contributed by atoms with van der Waals surface area (Å²) in [5, 5.41) is 14.6. The lowest BCUT2D eigenvalue weighted by molar-refractivity contribution is -0.214. The van der Waals surface area contributed by atoms with Gasteiger partial charge in [-0.25, -0.2) is 8.78 Å². The molecule has 26 heavy (non-hydrogen) atoms. The number of carboxylic acids is 1. The molecule has 5 nitrogen and oxygen atoms in total. The highest BCUT2D eigenvalue weighted by atomic mass is 19.3. The van der Waals surface area contributed by atoms with E-state index in [1.165, 1.54) is 0 Å². The van der Waals surface area contributed by atoms with Gasteiger partial charge in [0.05, 0.1) is 17.5 Å². The molecule has 0 unspecified atom stereocenters. The van der Waals surface area contributed by atoms with Crippen molar-refractivity contribution in [3.63, 3.8) is 0 Å². The number of aromatic nitrogens is 2. The Kier molecular flexibility index (Phi) is 3.06. The van der Waals surface area contributed by atoms with Crippen LogP contribution in [0.15, 0.2) is 18.3 Å². The van der Waals surface area contributed by atoms with Crippen molar-refractivity contribution in [3.05, 3.63) is 23.9 Å². The summed E-state index contributed by atoms with van der Waals surface area (Å²) in [5.41, 5.74) is 1.51. The summed E-state index contributed by atoms with van der Waals surface area (Å²) in [5.74, 6) is -2.99. The highest BCUT2D eigenvalue weighted by Crippen LogP contribution is 2.63. The van der Waals surface area contributed by atoms with Gasteiger partial charge in [0.2, 0.25) is 5.92 Å². The van der Waals surface area contributed by atoms with E-state index < -0.39 is 11.9 Å². The lowest BCUT2D eigenvalue weighted by atomic mass is 9.53. The van der Waals surface area contributed by atoms with Gasteiger partial charge in [0.1, 0.15) is 5.75 Å². The summed E-state index contributed by atoms with van der Waals surface area (Å²) in [6.07, 6.45) is 3.77. The van der Waals surface area contributed by atoms with Crippen molar-refractivity contribution in [1.82, 2.24) is 9.78 Å². The molecule has 3 aliphatic rings. The molecule has 2 atom stereocenters. The minimum atomic E-state index is -2.50. The Bertz CT molecular complexity index is 907. The van der Waals surface area contributed by atoms with Gasteiger partial charge in [-0.3, -0.25) is 9.48 Å². The molecule has 0 radical (unpaired) electrons. The second-order valence-electron chi connectivity index (χ2n) is 8.40. The standard InChI is InChI=1S/C19H20F2N2O3/c1-23-7-10-2-11(26-12-5-18(6-12)8-19(20,21)9-18)3-14(16(10)22-23)13-4-15(13)17(24)25/h2-3,7,12-13,15H,4-6,8-9H2,1H3,(H,24,25)/t13-,15+/m0/s1. The molecule has 2 aromatic rings. The molecule has 7 heteroatoms. The van der Waals surface area contributed by atoms with Crippen molar-refractivity contribution in [2.24, 2.45) is 18.4 Å². The molecule has 1 aromatic carbocycles. The zero-order chi connectivity index (χ0) is 18.3. The van der Waals surface area contributed by atoms with E-state index in [1.807, 2.05) is 25.4 Å². The van der Waals surface area contributed by atoms with Crippen LogP contribution in [-0.4, -0.2) is 32.9 Å². The number of halogens is 2. The number of fused-ring (bicyclic) bond motifs is 1. The number of hydrogen-bond donors (Lipinski definition) is 1. The number of carbonyl (C=O) groups is 1. The zero-order valence-electron chi connectivity index (χ0n) is 14.4. The molecule has 0 saturated heterocycles. The van der Waals surface area contributed by atoms with Gasteiger partial charge in [0.15, 0.2) is 0 Å². The Labute approximate surface area is 148 Å². The van der Waals surface area contributed by atoms with E-state index in [9.17, 15) is 18.7 Å². The number of benzene rings is 1. The molecular weight excluding hydrogens is 342 g/mol. The molecule has 3 fully saturated rings. The highest BCUT2D eigenvalue weighted by molar-refractivity contribution is 5.86. The van der Waals surface area contributed by atoms with Crippen molar-refractivity contribution in [2.45, 2.75) is 50.0 Å². The van der Waals surface area contributed by atoms with Crippen LogP contribution in [0.3, 0.4) is 0 Å². The highest BCUT2D eigenvalue weighted by Gasteiger charge is 2.62. The summed E-state index contributed by atoms with van der Waals surface area (Å²) in [7, 11) is 1.83. The Hall–Kier alpha value is -2.18. The predicted octanol–water partition coefficient (Wildman–Crippen LogP) is 3.72. The van der Waals surface area contributed by atoms with Gasteiger partial charge in [-0.2, -0.15) is 5.10 Å². The molecule has 5 rings (SSSR count). The number of hydrogen-bond acceptors (Lipinski definition) is 3. The summed E-state index contributed by atoms with van der Waals surface area (Å²) in [6, 6.07) is 3.80. The third-order valence-corrected chi connectivity index (χ3v) is 6.12. The van der Waals surface area contributed by atoms with Crippen LogP contribution >= 0.6 is 0 Å². The SMILES string of the molecule is Cn1cc2cc(OC3CC4(C3)CC(F)(F)C4)cc([C@@H]3C[C@H]3C(=O)O)c2n1. The van der Waals surface area contributed by atoms with Crippen LogP contribution in [0, 0.1) is 11.3 Å². The molecule has 1 aromatic heterocycles. The first-order valence-corrected chi connectivity index (χ1v) is 8.98. The third-order valence-electron chi connectivity index (χ3n) is 6.12. The zero-order valence-corrected chi connectivity index (χ0v) is 14.4. The number of aryl methyl sites for hydroxylation is 1. The average Bonchev–Trinajstić information content (AvgIpc) is 3.18. The predicted molar refractivity (Wildman–Crippen MR) is 89.5 cm³/mol. The molecule has 1 spiro atoms. The normalized spacial score (nSPS) is 28.6. The van der Waals surface area contributed by atoms with Gasteiger partial charge < -0.3 is 9.84 Å². The molecule has 1 N–H and O–H groups in total. The van der Waals surface area contributed by atoms with E-state index in [0.29, 0.717) is 25.0 Å². The first kappa shape index (κ1) is 16.0. The van der Waals surface area contributed by atoms with Crippen molar-refractivity contribution in [3.8, 4) is 5.75 Å². The maximum Gasteiger partial charge on any atom is 0.307 e. The Morgan fingerprint density at radius 2 is 2.08 bits per heavy atom. The van der Waals surface area contributed by atoms with Gasteiger partial charge in [0.25, 0.3) is 0 Å². The Morgan fingerprint density at radius 3 is 2.69 bits per heavy atom. The van der Waals surface area contributed by atoms with Crippen LogP contribution in [-0.2, 0) is 11.8 Å².